The second-order valence-electron chi connectivity index (χ2n) is 4.01. The average molecular weight is 226 g/mol. The first kappa shape index (κ1) is 10.9. The molecule has 2 atom stereocenters. The monoisotopic (exact) mass is 225 g/mol. The van der Waals surface area contributed by atoms with Crippen LogP contribution in [0.15, 0.2) is 24.3 Å². The Morgan fingerprint density at radius 3 is 2.93 bits per heavy atom. The molecular weight excluding hydrogens is 210 g/mol. The van der Waals surface area contributed by atoms with Crippen molar-refractivity contribution in [3.63, 3.8) is 0 Å². The Hall–Kier alpha value is -0.570. The van der Waals surface area contributed by atoms with E-state index in [0.717, 1.165) is 30.0 Å². The van der Waals surface area contributed by atoms with Crippen molar-refractivity contribution in [2.24, 2.45) is 0 Å². The lowest BCUT2D eigenvalue weighted by atomic mass is 9.85. The topological polar surface area (TPSA) is 32.3 Å². The number of hydrogen-bond donors (Lipinski definition) is 2. The number of halogens is 1. The zero-order chi connectivity index (χ0) is 10.7. The van der Waals surface area contributed by atoms with E-state index in [-0.39, 0.29) is 12.6 Å². The number of hydrogen-bond acceptors (Lipinski definition) is 2. The van der Waals surface area contributed by atoms with E-state index in [0.29, 0.717) is 5.92 Å². The molecule has 1 heterocycles. The number of piperidine rings is 1. The number of benzene rings is 1. The fourth-order valence-electron chi connectivity index (χ4n) is 2.29. The Labute approximate surface area is 95.3 Å². The lowest BCUT2D eigenvalue weighted by molar-refractivity contribution is 0.202. The van der Waals surface area contributed by atoms with Crippen molar-refractivity contribution in [2.75, 3.05) is 13.2 Å². The summed E-state index contributed by atoms with van der Waals surface area (Å²) in [6.07, 6.45) is 2.24. The van der Waals surface area contributed by atoms with Crippen LogP contribution in [0, 0.1) is 0 Å². The van der Waals surface area contributed by atoms with Crippen molar-refractivity contribution in [3.8, 4) is 0 Å². The summed E-state index contributed by atoms with van der Waals surface area (Å²) in [7, 11) is 0. The molecule has 0 aromatic heterocycles. The lowest BCUT2D eigenvalue weighted by Crippen LogP contribution is -2.42. The van der Waals surface area contributed by atoms with E-state index in [4.69, 9.17) is 11.6 Å². The van der Waals surface area contributed by atoms with Gasteiger partial charge in [-0.2, -0.15) is 0 Å². The molecule has 1 aliphatic rings. The second-order valence-corrected chi connectivity index (χ2v) is 4.42. The van der Waals surface area contributed by atoms with E-state index >= 15 is 0 Å². The van der Waals surface area contributed by atoms with Crippen LogP contribution in [-0.4, -0.2) is 24.3 Å². The average Bonchev–Trinajstić information content (AvgIpc) is 2.30. The van der Waals surface area contributed by atoms with Crippen LogP contribution in [0.3, 0.4) is 0 Å². The standard InChI is InChI=1S/C12H16ClNO/c13-11-6-2-1-4-9(11)10-5-3-7-14-12(10)8-15/h1-2,4,6,10,12,14-15H,3,5,7-8H2. The molecule has 2 nitrogen and oxygen atoms in total. The summed E-state index contributed by atoms with van der Waals surface area (Å²) in [6.45, 7) is 1.17. The summed E-state index contributed by atoms with van der Waals surface area (Å²) in [5.41, 5.74) is 1.16. The van der Waals surface area contributed by atoms with Gasteiger partial charge in [0.15, 0.2) is 0 Å². The second kappa shape index (κ2) is 4.97. The van der Waals surface area contributed by atoms with Gasteiger partial charge in [0, 0.05) is 17.0 Å². The minimum absolute atomic E-state index is 0.152. The number of aliphatic hydroxyl groups is 1. The summed E-state index contributed by atoms with van der Waals surface area (Å²) in [6, 6.07) is 8.07. The van der Waals surface area contributed by atoms with E-state index in [1.54, 1.807) is 0 Å². The van der Waals surface area contributed by atoms with Gasteiger partial charge < -0.3 is 10.4 Å². The van der Waals surface area contributed by atoms with Crippen LogP contribution in [0.5, 0.6) is 0 Å². The minimum Gasteiger partial charge on any atom is -0.395 e. The maximum Gasteiger partial charge on any atom is 0.0590 e. The van der Waals surface area contributed by atoms with E-state index in [9.17, 15) is 5.11 Å². The van der Waals surface area contributed by atoms with Crippen LogP contribution in [-0.2, 0) is 0 Å². The molecule has 2 rings (SSSR count). The van der Waals surface area contributed by atoms with Gasteiger partial charge in [-0.15, -0.1) is 0 Å². The smallest absolute Gasteiger partial charge is 0.0590 e. The summed E-state index contributed by atoms with van der Waals surface area (Å²) >= 11 is 6.17. The summed E-state index contributed by atoms with van der Waals surface area (Å²) in [4.78, 5) is 0. The van der Waals surface area contributed by atoms with Crippen molar-refractivity contribution >= 4 is 11.6 Å². The molecule has 3 heteroatoms. The van der Waals surface area contributed by atoms with Crippen LogP contribution in [0.25, 0.3) is 0 Å². The quantitative estimate of drug-likeness (QED) is 0.809. The van der Waals surface area contributed by atoms with E-state index < -0.39 is 0 Å². The molecule has 0 saturated carbocycles. The van der Waals surface area contributed by atoms with E-state index in [2.05, 4.69) is 11.4 Å². The number of nitrogens with one attached hydrogen (secondary N) is 1. The molecule has 1 aliphatic heterocycles. The molecule has 0 bridgehead atoms. The Bertz CT molecular complexity index is 329. The third kappa shape index (κ3) is 2.33. The molecule has 1 aromatic rings. The van der Waals surface area contributed by atoms with Gasteiger partial charge in [0.1, 0.15) is 0 Å². The summed E-state index contributed by atoms with van der Waals surface area (Å²) in [5, 5.41) is 13.5. The number of aliphatic hydroxyl groups excluding tert-OH is 1. The molecule has 2 N–H and O–H groups in total. The lowest BCUT2D eigenvalue weighted by Gasteiger charge is -2.32. The Morgan fingerprint density at radius 1 is 1.40 bits per heavy atom. The van der Waals surface area contributed by atoms with Crippen molar-refractivity contribution in [2.45, 2.75) is 24.8 Å². The fourth-order valence-corrected chi connectivity index (χ4v) is 2.57. The molecule has 15 heavy (non-hydrogen) atoms. The Kier molecular flexibility index (Phi) is 3.62. The van der Waals surface area contributed by atoms with Crippen LogP contribution in [0.2, 0.25) is 5.02 Å². The SMILES string of the molecule is OCC1NCCCC1c1ccccc1Cl. The molecule has 2 unspecified atom stereocenters. The first-order chi connectivity index (χ1) is 7.33. The number of rotatable bonds is 2. The Morgan fingerprint density at radius 2 is 2.20 bits per heavy atom. The van der Waals surface area contributed by atoms with Gasteiger partial charge in [0.25, 0.3) is 0 Å². The van der Waals surface area contributed by atoms with Crippen molar-refractivity contribution in [3.05, 3.63) is 34.9 Å². The largest absolute Gasteiger partial charge is 0.395 e. The zero-order valence-electron chi connectivity index (χ0n) is 8.62. The fraction of sp³-hybridized carbons (Fsp3) is 0.500. The summed E-state index contributed by atoms with van der Waals surface area (Å²) < 4.78 is 0. The predicted molar refractivity (Wildman–Crippen MR) is 62.3 cm³/mol. The molecule has 1 aromatic carbocycles. The van der Waals surface area contributed by atoms with Crippen molar-refractivity contribution < 1.29 is 5.11 Å². The highest BCUT2D eigenvalue weighted by molar-refractivity contribution is 6.31. The van der Waals surface area contributed by atoms with Gasteiger partial charge in [0.2, 0.25) is 0 Å². The molecular formula is C12H16ClNO. The predicted octanol–water partition coefficient (Wildman–Crippen LogP) is 2.17. The van der Waals surface area contributed by atoms with E-state index in [1.165, 1.54) is 0 Å². The van der Waals surface area contributed by atoms with Gasteiger partial charge in [-0.3, -0.25) is 0 Å². The molecule has 0 amide bonds. The first-order valence-corrected chi connectivity index (χ1v) is 5.79. The normalized spacial score (nSPS) is 26.5. The van der Waals surface area contributed by atoms with Crippen LogP contribution >= 0.6 is 11.6 Å². The zero-order valence-corrected chi connectivity index (χ0v) is 9.37. The molecule has 82 valence electrons. The van der Waals surface area contributed by atoms with Crippen LogP contribution in [0.4, 0.5) is 0 Å². The first-order valence-electron chi connectivity index (χ1n) is 5.41. The van der Waals surface area contributed by atoms with Crippen molar-refractivity contribution in [1.82, 2.24) is 5.32 Å². The van der Waals surface area contributed by atoms with Gasteiger partial charge in [-0.05, 0) is 31.0 Å². The third-order valence-electron chi connectivity index (χ3n) is 3.09. The van der Waals surface area contributed by atoms with Crippen molar-refractivity contribution in [1.29, 1.82) is 0 Å². The highest BCUT2D eigenvalue weighted by Gasteiger charge is 2.26. The highest BCUT2D eigenvalue weighted by atomic mass is 35.5. The maximum absolute atomic E-state index is 9.31. The Balaban J connectivity index is 2.24. The summed E-state index contributed by atoms with van der Waals surface area (Å²) in [5.74, 6) is 0.345. The van der Waals surface area contributed by atoms with Gasteiger partial charge in [-0.1, -0.05) is 29.8 Å². The van der Waals surface area contributed by atoms with Crippen LogP contribution in [0.1, 0.15) is 24.3 Å². The molecule has 0 radical (unpaired) electrons. The highest BCUT2D eigenvalue weighted by Crippen LogP contribution is 2.32. The minimum atomic E-state index is 0.152. The van der Waals surface area contributed by atoms with Crippen LogP contribution < -0.4 is 5.32 Å². The third-order valence-corrected chi connectivity index (χ3v) is 3.43. The van der Waals surface area contributed by atoms with E-state index in [1.807, 2.05) is 18.2 Å². The molecule has 1 fully saturated rings. The van der Waals surface area contributed by atoms with Gasteiger partial charge >= 0.3 is 0 Å². The van der Waals surface area contributed by atoms with Gasteiger partial charge in [0.05, 0.1) is 6.61 Å². The molecule has 0 spiro atoms. The maximum atomic E-state index is 9.31. The molecule has 1 saturated heterocycles. The molecule has 0 aliphatic carbocycles. The van der Waals surface area contributed by atoms with Gasteiger partial charge in [-0.25, -0.2) is 0 Å².